The molecule has 30 heavy (non-hydrogen) atoms. The van der Waals surface area contributed by atoms with E-state index in [0.29, 0.717) is 51.5 Å². The van der Waals surface area contributed by atoms with E-state index in [1.54, 1.807) is 48.7 Å². The second-order valence-corrected chi connectivity index (χ2v) is 7.44. The van der Waals surface area contributed by atoms with Crippen LogP contribution in [-0.2, 0) is 11.2 Å². The first-order valence-corrected chi connectivity index (χ1v) is 10.3. The molecule has 2 aromatic carbocycles. The van der Waals surface area contributed by atoms with Gasteiger partial charge in [0.1, 0.15) is 0 Å². The number of rotatable bonds is 8. The first kappa shape index (κ1) is 21.9. The highest BCUT2D eigenvalue weighted by molar-refractivity contribution is 6.36. The topological polar surface area (TPSA) is 84.2 Å². The fourth-order valence-corrected chi connectivity index (χ4v) is 3.30. The number of anilines is 1. The van der Waals surface area contributed by atoms with E-state index in [0.717, 1.165) is 6.42 Å². The molecule has 1 heterocycles. The number of carbonyl (C=O) groups is 2. The van der Waals surface area contributed by atoms with E-state index in [2.05, 4.69) is 15.6 Å². The highest BCUT2D eigenvalue weighted by atomic mass is 35.5. The molecule has 1 aromatic heterocycles. The molecule has 0 spiro atoms. The van der Waals surface area contributed by atoms with E-state index in [-0.39, 0.29) is 18.2 Å². The van der Waals surface area contributed by atoms with Gasteiger partial charge in [-0.15, -0.1) is 0 Å². The maximum atomic E-state index is 12.4. The van der Waals surface area contributed by atoms with Gasteiger partial charge in [-0.2, -0.15) is 0 Å². The number of aryl methyl sites for hydroxylation is 1. The average molecular weight is 446 g/mol. The Morgan fingerprint density at radius 2 is 1.93 bits per heavy atom. The van der Waals surface area contributed by atoms with Crippen molar-refractivity contribution in [2.24, 2.45) is 0 Å². The fourth-order valence-electron chi connectivity index (χ4n) is 2.80. The molecule has 0 radical (unpaired) electrons. The normalized spacial score (nSPS) is 10.6. The monoisotopic (exact) mass is 445 g/mol. The SMILES string of the molecule is CCCNC(=O)c1ccccc1NC(=O)CCc1ncc(-c2ccc(Cl)cc2Cl)o1. The Labute approximate surface area is 184 Å². The summed E-state index contributed by atoms with van der Waals surface area (Å²) in [6, 6.07) is 12.0. The lowest BCUT2D eigenvalue weighted by Gasteiger charge is -2.10. The van der Waals surface area contributed by atoms with Crippen molar-refractivity contribution in [3.05, 3.63) is 70.2 Å². The molecule has 0 aliphatic carbocycles. The van der Waals surface area contributed by atoms with Gasteiger partial charge in [0.2, 0.25) is 5.91 Å². The Bertz CT molecular complexity index is 1050. The van der Waals surface area contributed by atoms with Crippen LogP contribution < -0.4 is 10.6 Å². The molecule has 0 saturated carbocycles. The summed E-state index contributed by atoms with van der Waals surface area (Å²) in [5, 5.41) is 6.59. The van der Waals surface area contributed by atoms with Crippen LogP contribution in [0.5, 0.6) is 0 Å². The summed E-state index contributed by atoms with van der Waals surface area (Å²) in [4.78, 5) is 28.9. The van der Waals surface area contributed by atoms with Crippen LogP contribution in [0.4, 0.5) is 5.69 Å². The minimum atomic E-state index is -0.241. The van der Waals surface area contributed by atoms with Crippen LogP contribution in [-0.4, -0.2) is 23.3 Å². The van der Waals surface area contributed by atoms with E-state index in [9.17, 15) is 9.59 Å². The standard InChI is InChI=1S/C22H21Cl2N3O3/c1-2-11-25-22(29)16-5-3-4-6-18(16)27-20(28)9-10-21-26-13-19(30-21)15-8-7-14(23)12-17(15)24/h3-8,12-13H,2,9-11H2,1H3,(H,25,29)(H,27,28). The first-order chi connectivity index (χ1) is 14.5. The summed E-state index contributed by atoms with van der Waals surface area (Å²) >= 11 is 12.1. The average Bonchev–Trinajstić information content (AvgIpc) is 3.19. The third-order valence-electron chi connectivity index (χ3n) is 4.30. The van der Waals surface area contributed by atoms with Crippen LogP contribution in [0.25, 0.3) is 11.3 Å². The maximum absolute atomic E-state index is 12.4. The number of hydrogen-bond acceptors (Lipinski definition) is 4. The van der Waals surface area contributed by atoms with Gasteiger partial charge in [-0.3, -0.25) is 9.59 Å². The van der Waals surface area contributed by atoms with Crippen molar-refractivity contribution in [1.82, 2.24) is 10.3 Å². The number of amides is 2. The zero-order valence-corrected chi connectivity index (χ0v) is 17.9. The van der Waals surface area contributed by atoms with Crippen LogP contribution in [0.15, 0.2) is 53.1 Å². The lowest BCUT2D eigenvalue weighted by Crippen LogP contribution is -2.25. The molecule has 3 aromatic rings. The maximum Gasteiger partial charge on any atom is 0.253 e. The number of benzene rings is 2. The second kappa shape index (κ2) is 10.3. The largest absolute Gasteiger partial charge is 0.441 e. The lowest BCUT2D eigenvalue weighted by atomic mass is 10.1. The van der Waals surface area contributed by atoms with Gasteiger partial charge >= 0.3 is 0 Å². The molecule has 0 aliphatic rings. The predicted molar refractivity (Wildman–Crippen MR) is 118 cm³/mol. The molecule has 0 bridgehead atoms. The van der Waals surface area contributed by atoms with Crippen molar-refractivity contribution in [2.75, 3.05) is 11.9 Å². The van der Waals surface area contributed by atoms with Crippen LogP contribution in [0, 0.1) is 0 Å². The number of hydrogen-bond donors (Lipinski definition) is 2. The lowest BCUT2D eigenvalue weighted by molar-refractivity contribution is -0.116. The van der Waals surface area contributed by atoms with Gasteiger partial charge in [0.05, 0.1) is 22.5 Å². The van der Waals surface area contributed by atoms with E-state index >= 15 is 0 Å². The van der Waals surface area contributed by atoms with Gasteiger partial charge in [-0.1, -0.05) is 42.3 Å². The van der Waals surface area contributed by atoms with Crippen LogP contribution in [0.3, 0.4) is 0 Å². The van der Waals surface area contributed by atoms with Gasteiger partial charge in [-0.25, -0.2) is 4.98 Å². The summed E-state index contributed by atoms with van der Waals surface area (Å²) in [5.74, 6) is 0.463. The highest BCUT2D eigenvalue weighted by Crippen LogP contribution is 2.30. The number of carbonyl (C=O) groups excluding carboxylic acids is 2. The summed E-state index contributed by atoms with van der Waals surface area (Å²) in [6.45, 7) is 2.55. The molecule has 0 unspecified atom stereocenters. The van der Waals surface area contributed by atoms with E-state index < -0.39 is 0 Å². The molecule has 0 atom stereocenters. The number of oxazole rings is 1. The van der Waals surface area contributed by atoms with Crippen molar-refractivity contribution >= 4 is 40.7 Å². The molecule has 0 aliphatic heterocycles. The molecule has 2 N–H and O–H groups in total. The Morgan fingerprint density at radius 1 is 1.13 bits per heavy atom. The zero-order valence-electron chi connectivity index (χ0n) is 16.4. The van der Waals surface area contributed by atoms with E-state index in [1.165, 1.54) is 0 Å². The number of para-hydroxylation sites is 1. The van der Waals surface area contributed by atoms with Gasteiger partial charge in [0.15, 0.2) is 11.7 Å². The van der Waals surface area contributed by atoms with Crippen LogP contribution in [0.1, 0.15) is 36.0 Å². The quantitative estimate of drug-likeness (QED) is 0.488. The molecule has 6 nitrogen and oxygen atoms in total. The highest BCUT2D eigenvalue weighted by Gasteiger charge is 2.15. The number of aromatic nitrogens is 1. The third-order valence-corrected chi connectivity index (χ3v) is 4.85. The first-order valence-electron chi connectivity index (χ1n) is 9.55. The Morgan fingerprint density at radius 3 is 2.70 bits per heavy atom. The molecular weight excluding hydrogens is 425 g/mol. The Kier molecular flexibility index (Phi) is 7.49. The molecule has 8 heteroatoms. The van der Waals surface area contributed by atoms with Gasteiger partial charge in [-0.05, 0) is 36.8 Å². The molecule has 2 amide bonds. The summed E-state index contributed by atoms with van der Waals surface area (Å²) in [7, 11) is 0. The fraction of sp³-hybridized carbons (Fsp3) is 0.227. The van der Waals surface area contributed by atoms with Crippen LogP contribution in [0.2, 0.25) is 10.0 Å². The number of halogens is 2. The molecule has 156 valence electrons. The predicted octanol–water partition coefficient (Wildman–Crippen LogP) is 5.36. The number of nitrogens with one attached hydrogen (secondary N) is 2. The van der Waals surface area contributed by atoms with Gasteiger partial charge in [0, 0.05) is 30.0 Å². The molecule has 0 fully saturated rings. The Balaban J connectivity index is 1.61. The zero-order chi connectivity index (χ0) is 21.5. The minimum absolute atomic E-state index is 0.152. The van der Waals surface area contributed by atoms with Crippen molar-refractivity contribution in [2.45, 2.75) is 26.2 Å². The third kappa shape index (κ3) is 5.62. The molecule has 3 rings (SSSR count). The Hall–Kier alpha value is -2.83. The summed E-state index contributed by atoms with van der Waals surface area (Å²) in [5.41, 5.74) is 1.57. The van der Waals surface area contributed by atoms with Gasteiger partial charge < -0.3 is 15.1 Å². The summed E-state index contributed by atoms with van der Waals surface area (Å²) in [6.07, 6.45) is 2.86. The van der Waals surface area contributed by atoms with Crippen molar-refractivity contribution < 1.29 is 14.0 Å². The molecule has 0 saturated heterocycles. The number of nitrogens with zero attached hydrogens (tertiary/aromatic N) is 1. The van der Waals surface area contributed by atoms with Crippen molar-refractivity contribution in [3.8, 4) is 11.3 Å². The molecular formula is C22H21Cl2N3O3. The van der Waals surface area contributed by atoms with E-state index in [4.69, 9.17) is 27.6 Å². The van der Waals surface area contributed by atoms with Crippen molar-refractivity contribution in [1.29, 1.82) is 0 Å². The second-order valence-electron chi connectivity index (χ2n) is 6.59. The minimum Gasteiger partial charge on any atom is -0.441 e. The van der Waals surface area contributed by atoms with Crippen LogP contribution >= 0.6 is 23.2 Å². The van der Waals surface area contributed by atoms with Crippen molar-refractivity contribution in [3.63, 3.8) is 0 Å². The van der Waals surface area contributed by atoms with Gasteiger partial charge in [0.25, 0.3) is 5.91 Å². The smallest absolute Gasteiger partial charge is 0.253 e. The van der Waals surface area contributed by atoms with E-state index in [1.807, 2.05) is 6.92 Å². The summed E-state index contributed by atoms with van der Waals surface area (Å²) < 4.78 is 5.71.